The average molecular weight is 376 g/mol. The van der Waals surface area contributed by atoms with Crippen LogP contribution in [-0.2, 0) is 6.42 Å². The summed E-state index contributed by atoms with van der Waals surface area (Å²) >= 11 is 0. The summed E-state index contributed by atoms with van der Waals surface area (Å²) in [7, 11) is 0. The Balaban J connectivity index is 1.94. The molecule has 0 bridgehead atoms. The fourth-order valence-corrected chi connectivity index (χ4v) is 2.96. The Kier molecular flexibility index (Phi) is 5.68. The number of rotatable bonds is 5. The molecule has 3 aromatic rings. The highest BCUT2D eigenvalue weighted by molar-refractivity contribution is 6.06. The lowest BCUT2D eigenvalue weighted by atomic mass is 10.1. The number of aryl methyl sites for hydroxylation is 1. The van der Waals surface area contributed by atoms with E-state index in [4.69, 9.17) is 0 Å². The zero-order valence-electron chi connectivity index (χ0n) is 16.6. The van der Waals surface area contributed by atoms with Crippen LogP contribution in [0.15, 0.2) is 58.4 Å². The highest BCUT2D eigenvalue weighted by atomic mass is 16.2. The third-order valence-electron chi connectivity index (χ3n) is 4.64. The van der Waals surface area contributed by atoms with Crippen LogP contribution in [0.25, 0.3) is 10.8 Å². The van der Waals surface area contributed by atoms with Gasteiger partial charge in [0.2, 0.25) is 0 Å². The van der Waals surface area contributed by atoms with Gasteiger partial charge in [0.25, 0.3) is 11.5 Å². The van der Waals surface area contributed by atoms with Crippen LogP contribution >= 0.6 is 0 Å². The van der Waals surface area contributed by atoms with Gasteiger partial charge in [0.1, 0.15) is 0 Å². The Morgan fingerprint density at radius 3 is 2.36 bits per heavy atom. The van der Waals surface area contributed by atoms with Crippen molar-refractivity contribution in [1.29, 1.82) is 0 Å². The van der Waals surface area contributed by atoms with E-state index in [1.807, 2.05) is 45.0 Å². The second kappa shape index (κ2) is 8.17. The van der Waals surface area contributed by atoms with E-state index in [1.165, 1.54) is 10.2 Å². The molecular weight excluding hydrogens is 352 g/mol. The van der Waals surface area contributed by atoms with E-state index in [9.17, 15) is 9.59 Å². The zero-order chi connectivity index (χ0) is 20.3. The van der Waals surface area contributed by atoms with Gasteiger partial charge >= 0.3 is 0 Å². The molecule has 1 aromatic heterocycles. The molecule has 0 aliphatic heterocycles. The fourth-order valence-electron chi connectivity index (χ4n) is 2.96. The van der Waals surface area contributed by atoms with Crippen LogP contribution in [0.2, 0.25) is 0 Å². The molecule has 0 fully saturated rings. The van der Waals surface area contributed by atoms with Crippen LogP contribution in [0.3, 0.4) is 0 Å². The summed E-state index contributed by atoms with van der Waals surface area (Å²) in [5, 5.41) is 9.50. The van der Waals surface area contributed by atoms with Crippen LogP contribution in [0.1, 0.15) is 55.4 Å². The van der Waals surface area contributed by atoms with E-state index in [2.05, 4.69) is 22.5 Å². The summed E-state index contributed by atoms with van der Waals surface area (Å²) in [6, 6.07) is 14.9. The summed E-state index contributed by atoms with van der Waals surface area (Å²) < 4.78 is 1.33. The van der Waals surface area contributed by atoms with Gasteiger partial charge in [-0.2, -0.15) is 10.2 Å². The van der Waals surface area contributed by atoms with E-state index in [0.717, 1.165) is 12.0 Å². The number of fused-ring (bicyclic) bond motifs is 1. The number of amides is 1. The van der Waals surface area contributed by atoms with Gasteiger partial charge in [0.05, 0.1) is 17.1 Å². The van der Waals surface area contributed by atoms with E-state index in [-0.39, 0.29) is 17.3 Å². The quantitative estimate of drug-likeness (QED) is 0.545. The molecule has 0 atom stereocenters. The molecule has 6 heteroatoms. The number of nitrogens with zero attached hydrogens (tertiary/aromatic N) is 3. The van der Waals surface area contributed by atoms with Crippen LogP contribution in [0, 0.1) is 0 Å². The molecule has 0 radical (unpaired) electrons. The predicted molar refractivity (Wildman–Crippen MR) is 112 cm³/mol. The molecule has 0 aliphatic rings. The first kappa shape index (κ1) is 19.5. The molecule has 0 spiro atoms. The third-order valence-corrected chi connectivity index (χ3v) is 4.64. The molecule has 0 unspecified atom stereocenters. The predicted octanol–water partition coefficient (Wildman–Crippen LogP) is 3.69. The van der Waals surface area contributed by atoms with Crippen LogP contribution in [0.5, 0.6) is 0 Å². The molecule has 2 aromatic carbocycles. The summed E-state index contributed by atoms with van der Waals surface area (Å²) in [5.74, 6) is -0.449. The Morgan fingerprint density at radius 1 is 1.11 bits per heavy atom. The van der Waals surface area contributed by atoms with Gasteiger partial charge in [0, 0.05) is 5.39 Å². The molecule has 0 saturated heterocycles. The number of hydrogen-bond acceptors (Lipinski definition) is 4. The summed E-state index contributed by atoms with van der Waals surface area (Å²) in [6.45, 7) is 7.64. The van der Waals surface area contributed by atoms with Crippen molar-refractivity contribution < 1.29 is 4.79 Å². The standard InChI is InChI=1S/C22H24N4O2/c1-5-16-10-12-17(13-11-16)15(4)23-24-21(27)20-18-8-6-7-9-19(18)22(28)26(25-20)14(2)3/h6-14H,5H2,1-4H3,(H,24,27)/b23-15-. The Morgan fingerprint density at radius 2 is 1.75 bits per heavy atom. The fraction of sp³-hybridized carbons (Fsp3) is 0.273. The summed E-state index contributed by atoms with van der Waals surface area (Å²) in [4.78, 5) is 25.4. The number of nitrogens with one attached hydrogen (secondary N) is 1. The number of carbonyl (C=O) groups is 1. The van der Waals surface area contributed by atoms with Crippen molar-refractivity contribution in [3.8, 4) is 0 Å². The lowest BCUT2D eigenvalue weighted by molar-refractivity contribution is 0.0949. The maximum atomic E-state index is 12.8. The van der Waals surface area contributed by atoms with Crippen molar-refractivity contribution >= 4 is 22.4 Å². The van der Waals surface area contributed by atoms with Gasteiger partial charge in [-0.3, -0.25) is 9.59 Å². The first-order valence-corrected chi connectivity index (χ1v) is 9.37. The van der Waals surface area contributed by atoms with Crippen LogP contribution in [0.4, 0.5) is 0 Å². The lowest BCUT2D eigenvalue weighted by Gasteiger charge is -2.12. The number of hydrazone groups is 1. The van der Waals surface area contributed by atoms with Crippen molar-refractivity contribution in [2.45, 2.75) is 40.2 Å². The van der Waals surface area contributed by atoms with Crippen molar-refractivity contribution in [1.82, 2.24) is 15.2 Å². The summed E-state index contributed by atoms with van der Waals surface area (Å²) in [6.07, 6.45) is 0.970. The van der Waals surface area contributed by atoms with Crippen molar-refractivity contribution in [3.05, 3.63) is 75.7 Å². The van der Waals surface area contributed by atoms with E-state index in [0.29, 0.717) is 16.5 Å². The maximum absolute atomic E-state index is 12.8. The Bertz CT molecular complexity index is 1100. The maximum Gasteiger partial charge on any atom is 0.292 e. The smallest absolute Gasteiger partial charge is 0.267 e. The minimum atomic E-state index is -0.449. The Hall–Kier alpha value is -3.28. The van der Waals surface area contributed by atoms with Crippen LogP contribution < -0.4 is 11.0 Å². The second-order valence-electron chi connectivity index (χ2n) is 6.93. The molecule has 0 aliphatic carbocycles. The normalized spacial score (nSPS) is 11.8. The van der Waals surface area contributed by atoms with E-state index < -0.39 is 5.91 Å². The van der Waals surface area contributed by atoms with Gasteiger partial charge in [-0.25, -0.2) is 10.1 Å². The zero-order valence-corrected chi connectivity index (χ0v) is 16.6. The number of hydrogen-bond donors (Lipinski definition) is 1. The second-order valence-corrected chi connectivity index (χ2v) is 6.93. The van der Waals surface area contributed by atoms with Gasteiger partial charge in [0.15, 0.2) is 5.69 Å². The molecule has 6 nitrogen and oxygen atoms in total. The van der Waals surface area contributed by atoms with Gasteiger partial charge < -0.3 is 0 Å². The molecule has 28 heavy (non-hydrogen) atoms. The van der Waals surface area contributed by atoms with Gasteiger partial charge in [-0.1, -0.05) is 49.4 Å². The van der Waals surface area contributed by atoms with Gasteiger partial charge in [-0.15, -0.1) is 0 Å². The summed E-state index contributed by atoms with van der Waals surface area (Å²) in [5.41, 5.74) is 5.41. The third kappa shape index (κ3) is 3.86. The first-order chi connectivity index (χ1) is 13.4. The molecule has 1 amide bonds. The molecule has 144 valence electrons. The monoisotopic (exact) mass is 376 g/mol. The van der Waals surface area contributed by atoms with Gasteiger partial charge in [-0.05, 0) is 44.4 Å². The molecule has 1 N–H and O–H groups in total. The lowest BCUT2D eigenvalue weighted by Crippen LogP contribution is -2.30. The van der Waals surface area contributed by atoms with Crippen molar-refractivity contribution in [2.24, 2.45) is 5.10 Å². The average Bonchev–Trinajstić information content (AvgIpc) is 2.72. The number of carbonyl (C=O) groups excluding carboxylic acids is 1. The minimum Gasteiger partial charge on any atom is -0.267 e. The van der Waals surface area contributed by atoms with Crippen LogP contribution in [-0.4, -0.2) is 21.4 Å². The number of aromatic nitrogens is 2. The molecule has 1 heterocycles. The molecule has 3 rings (SSSR count). The SMILES string of the molecule is CCc1ccc(/C(C)=N\NC(=O)c2nn(C(C)C)c(=O)c3ccccc23)cc1. The topological polar surface area (TPSA) is 76.3 Å². The molecule has 0 saturated carbocycles. The van der Waals surface area contributed by atoms with E-state index >= 15 is 0 Å². The number of benzene rings is 2. The molecular formula is C22H24N4O2. The minimum absolute atomic E-state index is 0.161. The first-order valence-electron chi connectivity index (χ1n) is 9.37. The Labute approximate surface area is 163 Å². The van der Waals surface area contributed by atoms with Crippen molar-refractivity contribution in [3.63, 3.8) is 0 Å². The van der Waals surface area contributed by atoms with E-state index in [1.54, 1.807) is 24.3 Å². The highest BCUT2D eigenvalue weighted by Crippen LogP contribution is 2.15. The highest BCUT2D eigenvalue weighted by Gasteiger charge is 2.17. The largest absolute Gasteiger partial charge is 0.292 e. The van der Waals surface area contributed by atoms with Crippen molar-refractivity contribution in [2.75, 3.05) is 0 Å².